The van der Waals surface area contributed by atoms with Gasteiger partial charge in [0.2, 0.25) is 0 Å². The number of fused-ring (bicyclic) bond motifs is 1. The molecule has 0 bridgehead atoms. The Kier molecular flexibility index (Phi) is 1.83. The van der Waals surface area contributed by atoms with E-state index >= 15 is 0 Å². The highest BCUT2D eigenvalue weighted by molar-refractivity contribution is 6.38. The topological polar surface area (TPSA) is 38.7 Å². The molecule has 0 unspecified atom stereocenters. The fraction of sp³-hybridized carbons (Fsp3) is 0. The van der Waals surface area contributed by atoms with E-state index in [1.54, 1.807) is 18.5 Å². The van der Waals surface area contributed by atoms with Gasteiger partial charge in [0.1, 0.15) is 0 Å². The Hall–Kier alpha value is -0.930. The molecule has 0 saturated carbocycles. The van der Waals surface area contributed by atoms with Gasteiger partial charge in [0.15, 0.2) is 10.3 Å². The van der Waals surface area contributed by atoms with Crippen LogP contribution >= 0.6 is 23.2 Å². The van der Waals surface area contributed by atoms with Crippen LogP contribution in [0, 0.1) is 0 Å². The normalized spacial score (nSPS) is 10.5. The molecular weight excluding hydrogens is 197 g/mol. The van der Waals surface area contributed by atoms with Gasteiger partial charge in [-0.2, -0.15) is 0 Å². The van der Waals surface area contributed by atoms with Crippen LogP contribution in [0.2, 0.25) is 10.3 Å². The molecule has 2 aromatic heterocycles. The van der Waals surface area contributed by atoms with Gasteiger partial charge in [-0.1, -0.05) is 23.2 Å². The number of hydrogen-bond donors (Lipinski definition) is 0. The minimum Gasteiger partial charge on any atom is -0.264 e. The highest BCUT2D eigenvalue weighted by Gasteiger charge is 2.04. The standard InChI is InChI=1S/C7H3Cl2N3/c8-6-4-1-2-10-3-5(4)7(9)12-11-6/h1-3H. The summed E-state index contributed by atoms with van der Waals surface area (Å²) in [7, 11) is 0. The molecule has 0 saturated heterocycles. The third-order valence-corrected chi connectivity index (χ3v) is 2.05. The van der Waals surface area contributed by atoms with Gasteiger partial charge in [0.25, 0.3) is 0 Å². The van der Waals surface area contributed by atoms with Gasteiger partial charge in [0.05, 0.1) is 0 Å². The first kappa shape index (κ1) is 7.71. The van der Waals surface area contributed by atoms with Crippen molar-refractivity contribution in [3.8, 4) is 0 Å². The Balaban J connectivity index is 2.95. The van der Waals surface area contributed by atoms with E-state index in [2.05, 4.69) is 15.2 Å². The van der Waals surface area contributed by atoms with E-state index in [4.69, 9.17) is 23.2 Å². The minimum absolute atomic E-state index is 0.322. The second-order valence-electron chi connectivity index (χ2n) is 2.20. The molecule has 0 aromatic carbocycles. The summed E-state index contributed by atoms with van der Waals surface area (Å²) in [4.78, 5) is 3.90. The third kappa shape index (κ3) is 1.11. The zero-order chi connectivity index (χ0) is 8.55. The van der Waals surface area contributed by atoms with Crippen molar-refractivity contribution in [3.05, 3.63) is 28.8 Å². The molecular formula is C7H3Cl2N3. The first-order valence-electron chi connectivity index (χ1n) is 3.20. The molecule has 0 spiro atoms. The van der Waals surface area contributed by atoms with Crippen molar-refractivity contribution in [2.75, 3.05) is 0 Å². The summed E-state index contributed by atoms with van der Waals surface area (Å²) in [5.74, 6) is 0. The summed E-state index contributed by atoms with van der Waals surface area (Å²) in [5, 5.41) is 9.47. The van der Waals surface area contributed by atoms with Crippen LogP contribution < -0.4 is 0 Å². The van der Waals surface area contributed by atoms with Gasteiger partial charge < -0.3 is 0 Å². The summed E-state index contributed by atoms with van der Waals surface area (Å²) in [6.45, 7) is 0. The number of aromatic nitrogens is 3. The van der Waals surface area contributed by atoms with Crippen LogP contribution in [0.25, 0.3) is 10.8 Å². The summed E-state index contributed by atoms with van der Waals surface area (Å²) in [6.07, 6.45) is 3.24. The van der Waals surface area contributed by atoms with Crippen LogP contribution in [0.4, 0.5) is 0 Å². The second kappa shape index (κ2) is 2.84. The van der Waals surface area contributed by atoms with Crippen molar-refractivity contribution in [1.29, 1.82) is 0 Å². The van der Waals surface area contributed by atoms with Crippen molar-refractivity contribution in [3.63, 3.8) is 0 Å². The summed E-state index contributed by atoms with van der Waals surface area (Å²) >= 11 is 11.5. The molecule has 0 amide bonds. The number of rotatable bonds is 0. The molecule has 12 heavy (non-hydrogen) atoms. The van der Waals surface area contributed by atoms with Gasteiger partial charge in [0, 0.05) is 23.2 Å². The molecule has 2 rings (SSSR count). The predicted octanol–water partition coefficient (Wildman–Crippen LogP) is 2.33. The highest BCUT2D eigenvalue weighted by atomic mass is 35.5. The predicted molar refractivity (Wildman–Crippen MR) is 47.4 cm³/mol. The van der Waals surface area contributed by atoms with Gasteiger partial charge in [-0.15, -0.1) is 10.2 Å². The molecule has 0 atom stereocenters. The van der Waals surface area contributed by atoms with Gasteiger partial charge in [-0.3, -0.25) is 4.98 Å². The molecule has 0 aliphatic heterocycles. The molecule has 0 aliphatic carbocycles. The number of halogens is 2. The summed E-state index contributed by atoms with van der Waals surface area (Å²) in [6, 6.07) is 1.75. The smallest absolute Gasteiger partial charge is 0.161 e. The molecule has 3 nitrogen and oxygen atoms in total. The van der Waals surface area contributed by atoms with E-state index in [1.807, 2.05) is 0 Å². The lowest BCUT2D eigenvalue weighted by Gasteiger charge is -1.97. The monoisotopic (exact) mass is 199 g/mol. The molecule has 0 N–H and O–H groups in total. The average Bonchev–Trinajstić information content (AvgIpc) is 2.12. The van der Waals surface area contributed by atoms with Crippen LogP contribution in [0.5, 0.6) is 0 Å². The largest absolute Gasteiger partial charge is 0.264 e. The van der Waals surface area contributed by atoms with E-state index in [-0.39, 0.29) is 0 Å². The van der Waals surface area contributed by atoms with E-state index in [1.165, 1.54) is 0 Å². The average molecular weight is 200 g/mol. The first-order chi connectivity index (χ1) is 5.79. The van der Waals surface area contributed by atoms with Crippen LogP contribution in [0.15, 0.2) is 18.5 Å². The maximum atomic E-state index is 5.77. The van der Waals surface area contributed by atoms with Crippen molar-refractivity contribution in [2.24, 2.45) is 0 Å². The molecule has 0 fully saturated rings. The van der Waals surface area contributed by atoms with Crippen LogP contribution in [0.1, 0.15) is 0 Å². The van der Waals surface area contributed by atoms with E-state index in [9.17, 15) is 0 Å². The lowest BCUT2D eigenvalue weighted by Crippen LogP contribution is -1.86. The number of nitrogens with zero attached hydrogens (tertiary/aromatic N) is 3. The summed E-state index contributed by atoms with van der Waals surface area (Å²) in [5.41, 5.74) is 0. The van der Waals surface area contributed by atoms with E-state index < -0.39 is 0 Å². The van der Waals surface area contributed by atoms with Crippen LogP contribution in [-0.4, -0.2) is 15.2 Å². The quantitative estimate of drug-likeness (QED) is 0.654. The molecule has 5 heteroatoms. The zero-order valence-corrected chi connectivity index (χ0v) is 7.34. The molecule has 2 aromatic rings. The zero-order valence-electron chi connectivity index (χ0n) is 5.83. The second-order valence-corrected chi connectivity index (χ2v) is 2.92. The molecule has 0 radical (unpaired) electrons. The summed E-state index contributed by atoms with van der Waals surface area (Å²) < 4.78 is 0. The molecule has 2 heterocycles. The SMILES string of the molecule is Clc1nnc(Cl)c2cnccc12. The van der Waals surface area contributed by atoms with Crippen molar-refractivity contribution < 1.29 is 0 Å². The Morgan fingerprint density at radius 3 is 2.33 bits per heavy atom. The Labute approximate surface area is 78.3 Å². The molecule has 0 aliphatic rings. The van der Waals surface area contributed by atoms with E-state index in [0.717, 1.165) is 10.8 Å². The van der Waals surface area contributed by atoms with Crippen molar-refractivity contribution in [2.45, 2.75) is 0 Å². The van der Waals surface area contributed by atoms with Gasteiger partial charge >= 0.3 is 0 Å². The number of hydrogen-bond acceptors (Lipinski definition) is 3. The third-order valence-electron chi connectivity index (χ3n) is 1.49. The highest BCUT2D eigenvalue weighted by Crippen LogP contribution is 2.23. The van der Waals surface area contributed by atoms with Crippen LogP contribution in [-0.2, 0) is 0 Å². The first-order valence-corrected chi connectivity index (χ1v) is 3.96. The maximum Gasteiger partial charge on any atom is 0.161 e. The van der Waals surface area contributed by atoms with E-state index in [0.29, 0.717) is 10.3 Å². The Morgan fingerprint density at radius 2 is 1.67 bits per heavy atom. The van der Waals surface area contributed by atoms with Crippen LogP contribution in [0.3, 0.4) is 0 Å². The van der Waals surface area contributed by atoms with Crippen molar-refractivity contribution >= 4 is 34.0 Å². The lowest BCUT2D eigenvalue weighted by molar-refractivity contribution is 1.05. The maximum absolute atomic E-state index is 5.77. The van der Waals surface area contributed by atoms with Gasteiger partial charge in [-0.05, 0) is 6.07 Å². The fourth-order valence-corrected chi connectivity index (χ4v) is 1.33. The Bertz CT molecular complexity index is 389. The fourth-order valence-electron chi connectivity index (χ4n) is 0.934. The lowest BCUT2D eigenvalue weighted by atomic mass is 10.3. The van der Waals surface area contributed by atoms with Gasteiger partial charge in [-0.25, -0.2) is 0 Å². The number of pyridine rings is 1. The minimum atomic E-state index is 0.322. The Morgan fingerprint density at radius 1 is 1.00 bits per heavy atom. The van der Waals surface area contributed by atoms with Crippen molar-refractivity contribution in [1.82, 2.24) is 15.2 Å². The molecule has 60 valence electrons.